The summed E-state index contributed by atoms with van der Waals surface area (Å²) in [4.78, 5) is 13.5. The van der Waals surface area contributed by atoms with Gasteiger partial charge in [0.1, 0.15) is 5.69 Å². The molecule has 2 N–H and O–H groups in total. The van der Waals surface area contributed by atoms with Gasteiger partial charge in [0.25, 0.3) is 0 Å². The zero-order chi connectivity index (χ0) is 19.0. The molecule has 26 heavy (non-hydrogen) atoms. The van der Waals surface area contributed by atoms with Gasteiger partial charge in [-0.2, -0.15) is 10.2 Å². The van der Waals surface area contributed by atoms with Crippen molar-refractivity contribution in [3.63, 3.8) is 0 Å². The fraction of sp³-hybridized carbons (Fsp3) is 0.278. The highest BCUT2D eigenvalue weighted by atomic mass is 15.3. The number of allylic oxidation sites excluding steroid dienone is 2. The lowest BCUT2D eigenvalue weighted by molar-refractivity contribution is 0.768. The molecule has 0 atom stereocenters. The van der Waals surface area contributed by atoms with Gasteiger partial charge in [-0.15, -0.1) is 0 Å². The highest BCUT2D eigenvalue weighted by Gasteiger charge is 2.18. The average Bonchev–Trinajstić information content (AvgIpc) is 3.17. The van der Waals surface area contributed by atoms with Crippen molar-refractivity contribution in [3.8, 4) is 11.5 Å². The summed E-state index contributed by atoms with van der Waals surface area (Å²) >= 11 is 0. The molecule has 3 aromatic heterocycles. The monoisotopic (exact) mass is 350 g/mol. The summed E-state index contributed by atoms with van der Waals surface area (Å²) in [6.45, 7) is 7.69. The van der Waals surface area contributed by atoms with E-state index >= 15 is 0 Å². The normalized spacial score (nSPS) is 12.8. The standard InChI is InChI=1S/C18H22N8/c1-10(7-11(2)20-4)17-23-18(26(6)24-17)16-13-9-21-25(5)15(13)8-14(22-16)12(3)19/h7-9H,3,19H2,1-2,4-6H3/b10-7+,20-11?. The van der Waals surface area contributed by atoms with Gasteiger partial charge in [0, 0.05) is 32.2 Å². The molecular formula is C18H22N8. The van der Waals surface area contributed by atoms with Crippen molar-refractivity contribution in [2.45, 2.75) is 13.8 Å². The molecule has 0 saturated heterocycles. The van der Waals surface area contributed by atoms with Gasteiger partial charge in [-0.05, 0) is 31.6 Å². The molecule has 0 aliphatic heterocycles. The van der Waals surface area contributed by atoms with Crippen molar-refractivity contribution < 1.29 is 0 Å². The maximum absolute atomic E-state index is 5.88. The Labute approximate surface area is 151 Å². The summed E-state index contributed by atoms with van der Waals surface area (Å²) in [5, 5.41) is 9.73. The number of nitrogens with two attached hydrogens (primary N) is 1. The van der Waals surface area contributed by atoms with E-state index in [9.17, 15) is 0 Å². The molecule has 0 unspecified atom stereocenters. The van der Waals surface area contributed by atoms with E-state index in [1.807, 2.05) is 40.1 Å². The molecule has 3 rings (SSSR count). The Morgan fingerprint density at radius 1 is 1.23 bits per heavy atom. The third kappa shape index (κ3) is 3.01. The lowest BCUT2D eigenvalue weighted by Crippen LogP contribution is -2.03. The second-order valence-electron chi connectivity index (χ2n) is 6.16. The highest BCUT2D eigenvalue weighted by molar-refractivity contribution is 5.98. The van der Waals surface area contributed by atoms with Crippen LogP contribution in [0.2, 0.25) is 0 Å². The minimum Gasteiger partial charge on any atom is -0.397 e. The molecule has 0 amide bonds. The number of aliphatic imine (C=N–C) groups is 1. The first-order chi connectivity index (χ1) is 12.3. The summed E-state index contributed by atoms with van der Waals surface area (Å²) in [6, 6.07) is 1.87. The van der Waals surface area contributed by atoms with Gasteiger partial charge in [0.2, 0.25) is 0 Å². The van der Waals surface area contributed by atoms with Gasteiger partial charge in [-0.1, -0.05) is 6.58 Å². The second kappa shape index (κ2) is 6.55. The Hall–Kier alpha value is -3.29. The first-order valence-corrected chi connectivity index (χ1v) is 8.12. The van der Waals surface area contributed by atoms with E-state index in [0.29, 0.717) is 28.7 Å². The number of hydrogen-bond acceptors (Lipinski definition) is 6. The first-order valence-electron chi connectivity index (χ1n) is 8.12. The molecule has 0 fully saturated rings. The number of aryl methyl sites for hydroxylation is 2. The van der Waals surface area contributed by atoms with Crippen molar-refractivity contribution in [1.29, 1.82) is 0 Å². The van der Waals surface area contributed by atoms with E-state index in [0.717, 1.165) is 22.2 Å². The minimum absolute atomic E-state index is 0.391. The summed E-state index contributed by atoms with van der Waals surface area (Å²) in [6.07, 6.45) is 3.72. The Morgan fingerprint density at radius 2 is 1.96 bits per heavy atom. The van der Waals surface area contributed by atoms with Crippen LogP contribution in [0, 0.1) is 0 Å². The SMILES string of the molecule is C=C(N)c1cc2c(cnn2C)c(-c2nc(/C(C)=C/C(C)=NC)nn2C)n1. The molecule has 0 aliphatic carbocycles. The molecule has 3 aromatic rings. The van der Waals surface area contributed by atoms with Gasteiger partial charge in [-0.25, -0.2) is 14.6 Å². The Kier molecular flexibility index (Phi) is 4.41. The lowest BCUT2D eigenvalue weighted by atomic mass is 10.2. The Bertz CT molecular complexity index is 1060. The number of aromatic nitrogens is 6. The van der Waals surface area contributed by atoms with E-state index in [2.05, 4.69) is 31.7 Å². The van der Waals surface area contributed by atoms with Crippen molar-refractivity contribution in [3.05, 3.63) is 36.4 Å². The Balaban J connectivity index is 2.21. The molecule has 0 spiro atoms. The van der Waals surface area contributed by atoms with Crippen LogP contribution >= 0.6 is 0 Å². The quantitative estimate of drug-likeness (QED) is 0.727. The van der Waals surface area contributed by atoms with Crippen LogP contribution in [0.5, 0.6) is 0 Å². The lowest BCUT2D eigenvalue weighted by Gasteiger charge is -2.06. The van der Waals surface area contributed by atoms with Crippen LogP contribution in [0.4, 0.5) is 0 Å². The summed E-state index contributed by atoms with van der Waals surface area (Å²) < 4.78 is 3.49. The van der Waals surface area contributed by atoms with Crippen molar-refractivity contribution >= 4 is 27.9 Å². The van der Waals surface area contributed by atoms with Gasteiger partial charge in [0.05, 0.1) is 23.1 Å². The molecule has 0 saturated carbocycles. The summed E-state index contributed by atoms with van der Waals surface area (Å²) in [7, 11) is 5.47. The average molecular weight is 350 g/mol. The molecular weight excluding hydrogens is 328 g/mol. The van der Waals surface area contributed by atoms with Gasteiger partial charge in [-0.3, -0.25) is 9.67 Å². The third-order valence-corrected chi connectivity index (χ3v) is 4.18. The van der Waals surface area contributed by atoms with Gasteiger partial charge in [0.15, 0.2) is 11.6 Å². The van der Waals surface area contributed by atoms with Crippen LogP contribution in [0.1, 0.15) is 25.4 Å². The van der Waals surface area contributed by atoms with Crippen LogP contribution in [0.25, 0.3) is 33.7 Å². The molecule has 8 heteroatoms. The molecule has 134 valence electrons. The Morgan fingerprint density at radius 3 is 2.62 bits per heavy atom. The van der Waals surface area contributed by atoms with E-state index in [1.54, 1.807) is 22.6 Å². The molecule has 3 heterocycles. The number of nitrogens with zero attached hydrogens (tertiary/aromatic N) is 7. The fourth-order valence-electron chi connectivity index (χ4n) is 2.68. The molecule has 8 nitrogen and oxygen atoms in total. The summed E-state index contributed by atoms with van der Waals surface area (Å²) in [5.41, 5.74) is 10.3. The van der Waals surface area contributed by atoms with E-state index in [-0.39, 0.29) is 0 Å². The van der Waals surface area contributed by atoms with Crippen LogP contribution in [-0.2, 0) is 14.1 Å². The summed E-state index contributed by atoms with van der Waals surface area (Å²) in [5.74, 6) is 1.27. The topological polar surface area (TPSA) is 99.8 Å². The van der Waals surface area contributed by atoms with Crippen molar-refractivity contribution in [2.75, 3.05) is 7.05 Å². The van der Waals surface area contributed by atoms with Crippen LogP contribution in [-0.4, -0.2) is 42.3 Å². The van der Waals surface area contributed by atoms with Gasteiger partial charge < -0.3 is 5.73 Å². The number of pyridine rings is 1. The number of fused-ring (bicyclic) bond motifs is 1. The smallest absolute Gasteiger partial charge is 0.177 e. The zero-order valence-electron chi connectivity index (χ0n) is 15.6. The van der Waals surface area contributed by atoms with E-state index in [4.69, 9.17) is 5.73 Å². The third-order valence-electron chi connectivity index (χ3n) is 4.18. The van der Waals surface area contributed by atoms with Crippen LogP contribution in [0.3, 0.4) is 0 Å². The van der Waals surface area contributed by atoms with Crippen molar-refractivity contribution in [1.82, 2.24) is 29.5 Å². The number of hydrogen-bond donors (Lipinski definition) is 1. The maximum Gasteiger partial charge on any atom is 0.177 e. The van der Waals surface area contributed by atoms with E-state index < -0.39 is 0 Å². The molecule has 0 bridgehead atoms. The van der Waals surface area contributed by atoms with Crippen LogP contribution in [0.15, 0.2) is 29.9 Å². The molecule has 0 radical (unpaired) electrons. The molecule has 0 aliphatic rings. The van der Waals surface area contributed by atoms with Crippen molar-refractivity contribution in [2.24, 2.45) is 24.8 Å². The minimum atomic E-state index is 0.391. The van der Waals surface area contributed by atoms with Gasteiger partial charge >= 0.3 is 0 Å². The number of rotatable bonds is 4. The fourth-order valence-corrected chi connectivity index (χ4v) is 2.68. The maximum atomic E-state index is 5.88. The largest absolute Gasteiger partial charge is 0.397 e. The second-order valence-corrected chi connectivity index (χ2v) is 6.16. The zero-order valence-corrected chi connectivity index (χ0v) is 15.6. The predicted molar refractivity (Wildman–Crippen MR) is 104 cm³/mol. The predicted octanol–water partition coefficient (Wildman–Crippen LogP) is 2.19. The van der Waals surface area contributed by atoms with E-state index in [1.165, 1.54) is 0 Å². The first kappa shape index (κ1) is 17.5. The molecule has 0 aromatic carbocycles. The highest BCUT2D eigenvalue weighted by Crippen LogP contribution is 2.28. The van der Waals surface area contributed by atoms with Crippen LogP contribution < -0.4 is 5.73 Å².